The van der Waals surface area contributed by atoms with E-state index in [1.54, 1.807) is 10.6 Å². The van der Waals surface area contributed by atoms with Crippen LogP contribution in [0.3, 0.4) is 0 Å². The van der Waals surface area contributed by atoms with Gasteiger partial charge >= 0.3 is 5.97 Å². The number of amides is 1. The number of hydrogen-bond donors (Lipinski definition) is 1. The summed E-state index contributed by atoms with van der Waals surface area (Å²) >= 11 is 6.43. The topological polar surface area (TPSA) is 62.5 Å². The van der Waals surface area contributed by atoms with Gasteiger partial charge in [-0.05, 0) is 22.4 Å². The van der Waals surface area contributed by atoms with Crippen LogP contribution in [0.4, 0.5) is 0 Å². The van der Waals surface area contributed by atoms with E-state index >= 15 is 0 Å². The molecule has 0 spiro atoms. The van der Waals surface area contributed by atoms with Gasteiger partial charge in [-0.25, -0.2) is 0 Å². The van der Waals surface area contributed by atoms with Crippen LogP contribution >= 0.6 is 11.6 Å². The molecule has 2 heterocycles. The Morgan fingerprint density at radius 1 is 0.968 bits per heavy atom. The number of fused-ring (bicyclic) bond motifs is 4. The van der Waals surface area contributed by atoms with Crippen LogP contribution in [0.5, 0.6) is 0 Å². The first-order valence-corrected chi connectivity index (χ1v) is 10.7. The molecule has 0 saturated heterocycles. The molecule has 1 aliphatic heterocycles. The van der Waals surface area contributed by atoms with Gasteiger partial charge in [0.2, 0.25) is 5.91 Å². The number of aromatic nitrogens is 1. The Balaban J connectivity index is 1.48. The Labute approximate surface area is 184 Å². The zero-order chi connectivity index (χ0) is 21.5. The van der Waals surface area contributed by atoms with Gasteiger partial charge in [0.15, 0.2) is 0 Å². The number of nitrogens with zero attached hydrogens (tertiary/aromatic N) is 2. The maximum absolute atomic E-state index is 13.2. The number of carboxylic acids is 1. The van der Waals surface area contributed by atoms with E-state index in [4.69, 9.17) is 11.6 Å². The normalized spacial score (nSPS) is 13.5. The second-order valence-electron chi connectivity index (χ2n) is 7.92. The van der Waals surface area contributed by atoms with E-state index in [9.17, 15) is 14.7 Å². The number of aliphatic carboxylic acids is 1. The van der Waals surface area contributed by atoms with Gasteiger partial charge < -0.3 is 14.6 Å². The van der Waals surface area contributed by atoms with Gasteiger partial charge in [0.1, 0.15) is 6.54 Å². The quantitative estimate of drug-likeness (QED) is 0.510. The average molecular weight is 433 g/mol. The van der Waals surface area contributed by atoms with Crippen LogP contribution < -0.4 is 0 Å². The van der Waals surface area contributed by atoms with Crippen molar-refractivity contribution in [2.45, 2.75) is 25.9 Å². The van der Waals surface area contributed by atoms with E-state index in [-0.39, 0.29) is 12.5 Å². The molecule has 0 aliphatic carbocycles. The number of halogens is 1. The van der Waals surface area contributed by atoms with Gasteiger partial charge in [0.05, 0.1) is 17.0 Å². The zero-order valence-electron chi connectivity index (χ0n) is 16.8. The number of rotatable bonds is 4. The highest BCUT2D eigenvalue weighted by Crippen LogP contribution is 2.35. The highest BCUT2D eigenvalue weighted by molar-refractivity contribution is 6.35. The van der Waals surface area contributed by atoms with Crippen molar-refractivity contribution in [1.29, 1.82) is 0 Å². The average Bonchev–Trinajstić information content (AvgIpc) is 3.08. The van der Waals surface area contributed by atoms with Crippen LogP contribution in [0, 0.1) is 0 Å². The van der Waals surface area contributed by atoms with Crippen molar-refractivity contribution >= 4 is 45.2 Å². The number of carbonyl (C=O) groups is 2. The second-order valence-corrected chi connectivity index (χ2v) is 8.33. The summed E-state index contributed by atoms with van der Waals surface area (Å²) in [5.41, 5.74) is 3.71. The summed E-state index contributed by atoms with van der Waals surface area (Å²) in [6, 6.07) is 19.7. The van der Waals surface area contributed by atoms with Gasteiger partial charge in [-0.3, -0.25) is 9.59 Å². The maximum atomic E-state index is 13.2. The predicted molar refractivity (Wildman–Crippen MR) is 121 cm³/mol. The minimum absolute atomic E-state index is 0.0724. The molecule has 6 heteroatoms. The predicted octanol–water partition coefficient (Wildman–Crippen LogP) is 4.66. The fraction of sp³-hybridized carbons (Fsp3) is 0.200. The summed E-state index contributed by atoms with van der Waals surface area (Å²) in [7, 11) is 0. The molecule has 0 atom stereocenters. The van der Waals surface area contributed by atoms with Gasteiger partial charge in [-0.15, -0.1) is 0 Å². The van der Waals surface area contributed by atoms with Crippen molar-refractivity contribution in [1.82, 2.24) is 9.47 Å². The Morgan fingerprint density at radius 3 is 2.55 bits per heavy atom. The van der Waals surface area contributed by atoms with Gasteiger partial charge in [-0.1, -0.05) is 66.2 Å². The molecular weight excluding hydrogens is 412 g/mol. The van der Waals surface area contributed by atoms with E-state index < -0.39 is 5.97 Å². The van der Waals surface area contributed by atoms with Crippen LogP contribution in [0.15, 0.2) is 60.7 Å². The molecule has 1 amide bonds. The number of hydrogen-bond acceptors (Lipinski definition) is 2. The van der Waals surface area contributed by atoms with Crippen molar-refractivity contribution in [3.8, 4) is 0 Å². The maximum Gasteiger partial charge on any atom is 0.323 e. The molecule has 0 unspecified atom stereocenters. The zero-order valence-corrected chi connectivity index (χ0v) is 17.6. The summed E-state index contributed by atoms with van der Waals surface area (Å²) in [6.45, 7) is 0.881. The third-order valence-corrected chi connectivity index (χ3v) is 6.40. The van der Waals surface area contributed by atoms with E-state index in [2.05, 4.69) is 12.1 Å². The molecule has 5 rings (SSSR count). The molecule has 0 bridgehead atoms. The number of carbonyl (C=O) groups excluding carboxylic acids is 1. The standard InChI is InChI=1S/C25H21ClN2O3/c26-21-10-4-9-19-20-14-27(12-11-22(20)28(25(19)21)15-24(30)31)23(29)13-17-7-3-6-16-5-1-2-8-18(16)17/h1-10H,11-15H2,(H,30,31). The van der Waals surface area contributed by atoms with E-state index in [1.807, 2.05) is 47.4 Å². The fourth-order valence-corrected chi connectivity index (χ4v) is 4.98. The lowest BCUT2D eigenvalue weighted by atomic mass is 10.00. The van der Waals surface area contributed by atoms with Crippen molar-refractivity contribution in [3.63, 3.8) is 0 Å². The lowest BCUT2D eigenvalue weighted by molar-refractivity contribution is -0.137. The smallest absolute Gasteiger partial charge is 0.323 e. The molecule has 4 aromatic rings. The van der Waals surface area contributed by atoms with Gasteiger partial charge in [0, 0.05) is 36.2 Å². The van der Waals surface area contributed by atoms with Crippen molar-refractivity contribution in [3.05, 3.63) is 82.5 Å². The minimum atomic E-state index is -0.908. The molecule has 3 aromatic carbocycles. The van der Waals surface area contributed by atoms with Crippen LogP contribution in [-0.2, 0) is 35.5 Å². The van der Waals surface area contributed by atoms with Crippen molar-refractivity contribution in [2.24, 2.45) is 0 Å². The highest BCUT2D eigenvalue weighted by Gasteiger charge is 2.28. The van der Waals surface area contributed by atoms with Crippen molar-refractivity contribution < 1.29 is 14.7 Å². The van der Waals surface area contributed by atoms with Crippen LogP contribution in [-0.4, -0.2) is 33.0 Å². The number of para-hydroxylation sites is 1. The fourth-order valence-electron chi connectivity index (χ4n) is 4.70. The Hall–Kier alpha value is -3.31. The van der Waals surface area contributed by atoms with Gasteiger partial charge in [0.25, 0.3) is 0 Å². The summed E-state index contributed by atoms with van der Waals surface area (Å²) in [6.07, 6.45) is 0.945. The largest absolute Gasteiger partial charge is 0.480 e. The molecular formula is C25H21ClN2O3. The Kier molecular flexibility index (Phi) is 4.91. The molecule has 5 nitrogen and oxygen atoms in total. The second kappa shape index (κ2) is 7.75. The van der Waals surface area contributed by atoms with Gasteiger partial charge in [-0.2, -0.15) is 0 Å². The molecule has 31 heavy (non-hydrogen) atoms. The summed E-state index contributed by atoms with van der Waals surface area (Å²) in [5.74, 6) is -0.836. The molecule has 0 saturated carbocycles. The number of benzene rings is 3. The van der Waals surface area contributed by atoms with E-state index in [1.165, 1.54) is 0 Å². The number of carboxylic acid groups (broad SMARTS) is 1. The molecule has 1 aromatic heterocycles. The summed E-state index contributed by atoms with van der Waals surface area (Å²) in [4.78, 5) is 26.5. The minimum Gasteiger partial charge on any atom is -0.480 e. The van der Waals surface area contributed by atoms with Crippen LogP contribution in [0.2, 0.25) is 5.02 Å². The first kappa shape index (κ1) is 19.6. The third-order valence-electron chi connectivity index (χ3n) is 6.09. The summed E-state index contributed by atoms with van der Waals surface area (Å²) < 4.78 is 1.79. The lowest BCUT2D eigenvalue weighted by Crippen LogP contribution is -2.37. The lowest BCUT2D eigenvalue weighted by Gasteiger charge is -2.28. The van der Waals surface area contributed by atoms with Crippen molar-refractivity contribution in [2.75, 3.05) is 6.54 Å². The molecule has 1 N–H and O–H groups in total. The molecule has 0 fully saturated rings. The van der Waals surface area contributed by atoms with E-state index in [0.717, 1.165) is 38.5 Å². The molecule has 156 valence electrons. The first-order chi connectivity index (χ1) is 15.0. The summed E-state index contributed by atoms with van der Waals surface area (Å²) in [5, 5.41) is 13.1. The highest BCUT2D eigenvalue weighted by atomic mass is 35.5. The monoisotopic (exact) mass is 432 g/mol. The van der Waals surface area contributed by atoms with Crippen LogP contribution in [0.1, 0.15) is 16.8 Å². The Morgan fingerprint density at radius 2 is 1.71 bits per heavy atom. The van der Waals surface area contributed by atoms with Crippen LogP contribution in [0.25, 0.3) is 21.7 Å². The molecule has 0 radical (unpaired) electrons. The SMILES string of the molecule is O=C(O)Cn1c2c(c3cccc(Cl)c31)CN(C(=O)Cc1cccc3ccccc13)CC2. The Bertz CT molecular complexity index is 1340. The third kappa shape index (κ3) is 3.45. The molecule has 1 aliphatic rings. The first-order valence-electron chi connectivity index (χ1n) is 10.3. The van der Waals surface area contributed by atoms with E-state index in [0.29, 0.717) is 31.0 Å².